The van der Waals surface area contributed by atoms with Crippen LogP contribution in [0.1, 0.15) is 68.9 Å². The van der Waals surface area contributed by atoms with Crippen molar-refractivity contribution in [2.75, 3.05) is 6.61 Å². The number of hydrogen-bond donors (Lipinski definition) is 1. The molecule has 1 N–H and O–H groups in total. The van der Waals surface area contributed by atoms with Crippen molar-refractivity contribution >= 4 is 5.91 Å². The molecule has 192 valence electrons. The lowest BCUT2D eigenvalue weighted by atomic mass is 10.0. The third-order valence-corrected chi connectivity index (χ3v) is 6.06. The molecule has 2 aromatic rings. The van der Waals surface area contributed by atoms with Crippen molar-refractivity contribution < 1.29 is 41.0 Å². The van der Waals surface area contributed by atoms with Crippen LogP contribution in [-0.4, -0.2) is 47.3 Å². The minimum absolute atomic E-state index is 0.0590. The van der Waals surface area contributed by atoms with Crippen molar-refractivity contribution in [1.29, 1.82) is 0 Å². The number of benzene rings is 1. The van der Waals surface area contributed by atoms with Crippen LogP contribution in [0.5, 0.6) is 5.75 Å². The second kappa shape index (κ2) is 10.5. The van der Waals surface area contributed by atoms with E-state index in [0.29, 0.717) is 31.4 Å². The van der Waals surface area contributed by atoms with Crippen molar-refractivity contribution in [1.82, 2.24) is 15.5 Å². The lowest BCUT2D eigenvalue weighted by molar-refractivity contribution is -0.341. The molecule has 35 heavy (non-hydrogen) atoms. The van der Waals surface area contributed by atoms with Crippen molar-refractivity contribution in [2.45, 2.75) is 82.6 Å². The Morgan fingerprint density at radius 2 is 2.03 bits per heavy atom. The number of alkyl halides is 3. The molecule has 3 heterocycles. The maximum atomic E-state index is 13.4. The molecule has 0 saturated carbocycles. The molecule has 1 amide bonds. The molecule has 1 aromatic carbocycles. The molecule has 8 nitrogen and oxygen atoms in total. The van der Waals surface area contributed by atoms with E-state index < -0.39 is 30.6 Å². The van der Waals surface area contributed by atoms with E-state index in [1.54, 1.807) is 6.92 Å². The SMILES string of the molecule is CC(CC(C)c1nnc([C@@H]2CC[C@@H](NC(=O)[C@H]3CCc4cc(F)ccc4O3)CO2)o1)OC(F)(F)F. The van der Waals surface area contributed by atoms with Gasteiger partial charge in [-0.3, -0.25) is 9.53 Å². The van der Waals surface area contributed by atoms with Gasteiger partial charge >= 0.3 is 6.36 Å². The molecule has 5 atom stereocenters. The molecule has 0 radical (unpaired) electrons. The van der Waals surface area contributed by atoms with Gasteiger partial charge < -0.3 is 19.2 Å². The highest BCUT2D eigenvalue weighted by Crippen LogP contribution is 2.31. The normalized spacial score (nSPS) is 24.2. The van der Waals surface area contributed by atoms with E-state index in [0.717, 1.165) is 5.56 Å². The Hall–Kier alpha value is -2.73. The Kier molecular flexibility index (Phi) is 7.60. The van der Waals surface area contributed by atoms with Crippen LogP contribution in [0.4, 0.5) is 17.6 Å². The third-order valence-electron chi connectivity index (χ3n) is 6.06. The van der Waals surface area contributed by atoms with Gasteiger partial charge in [0.15, 0.2) is 6.10 Å². The number of rotatable bonds is 7. The summed E-state index contributed by atoms with van der Waals surface area (Å²) in [6, 6.07) is 4.02. The summed E-state index contributed by atoms with van der Waals surface area (Å²) in [5, 5.41) is 10.9. The number of aryl methyl sites for hydroxylation is 1. The first-order valence-electron chi connectivity index (χ1n) is 11.5. The number of carbonyl (C=O) groups excluding carboxylic acids is 1. The Balaban J connectivity index is 1.24. The third kappa shape index (κ3) is 6.69. The first kappa shape index (κ1) is 25.4. The largest absolute Gasteiger partial charge is 0.522 e. The Morgan fingerprint density at radius 3 is 2.74 bits per heavy atom. The first-order chi connectivity index (χ1) is 16.6. The molecule has 1 aromatic heterocycles. The summed E-state index contributed by atoms with van der Waals surface area (Å²) in [6.45, 7) is 3.24. The molecule has 2 aliphatic rings. The number of amides is 1. The predicted octanol–water partition coefficient (Wildman–Crippen LogP) is 4.36. The molecule has 2 unspecified atom stereocenters. The van der Waals surface area contributed by atoms with Gasteiger partial charge in [0.25, 0.3) is 5.91 Å². The number of nitrogens with one attached hydrogen (secondary N) is 1. The van der Waals surface area contributed by atoms with E-state index in [4.69, 9.17) is 13.9 Å². The molecule has 2 aliphatic heterocycles. The number of halogens is 4. The molecule has 1 fully saturated rings. The maximum absolute atomic E-state index is 13.4. The zero-order chi connectivity index (χ0) is 25.2. The van der Waals surface area contributed by atoms with Crippen LogP contribution in [0.25, 0.3) is 0 Å². The van der Waals surface area contributed by atoms with Crippen LogP contribution in [0.15, 0.2) is 22.6 Å². The van der Waals surface area contributed by atoms with Gasteiger partial charge in [-0.1, -0.05) is 6.92 Å². The van der Waals surface area contributed by atoms with Crippen LogP contribution in [0.2, 0.25) is 0 Å². The van der Waals surface area contributed by atoms with Crippen LogP contribution >= 0.6 is 0 Å². The lowest BCUT2D eigenvalue weighted by Crippen LogP contribution is -2.48. The smallest absolute Gasteiger partial charge is 0.480 e. The monoisotopic (exact) mass is 501 g/mol. The van der Waals surface area contributed by atoms with Gasteiger partial charge in [0.2, 0.25) is 11.8 Å². The molecular weight excluding hydrogens is 474 g/mol. The second-order valence-corrected chi connectivity index (χ2v) is 8.99. The number of ether oxygens (including phenoxy) is 3. The van der Waals surface area contributed by atoms with E-state index in [2.05, 4.69) is 20.3 Å². The fraction of sp³-hybridized carbons (Fsp3) is 0.609. The van der Waals surface area contributed by atoms with Gasteiger partial charge in [-0.15, -0.1) is 23.4 Å². The Bertz CT molecular complexity index is 1020. The van der Waals surface area contributed by atoms with Crippen LogP contribution in [0.3, 0.4) is 0 Å². The standard InChI is InChI=1S/C23H27F4N3O5/c1-12(9-13(2)35-23(25,26)27)21-29-30-22(34-21)19-8-5-16(11-32-19)28-20(31)18-6-3-14-10-15(24)4-7-17(14)33-18/h4,7,10,12-13,16,18-19H,3,5-6,8-9,11H2,1-2H3,(H,28,31)/t12?,13?,16-,18-,19+/m1/s1. The summed E-state index contributed by atoms with van der Waals surface area (Å²) >= 11 is 0. The summed E-state index contributed by atoms with van der Waals surface area (Å²) in [7, 11) is 0. The number of fused-ring (bicyclic) bond motifs is 1. The number of hydrogen-bond acceptors (Lipinski definition) is 7. The van der Waals surface area contributed by atoms with Crippen molar-refractivity contribution in [3.8, 4) is 5.75 Å². The number of carbonyl (C=O) groups is 1. The number of nitrogens with zero attached hydrogens (tertiary/aromatic N) is 2. The second-order valence-electron chi connectivity index (χ2n) is 8.99. The summed E-state index contributed by atoms with van der Waals surface area (Å²) in [4.78, 5) is 12.7. The van der Waals surface area contributed by atoms with E-state index in [1.165, 1.54) is 25.1 Å². The summed E-state index contributed by atoms with van der Waals surface area (Å²) in [5.41, 5.74) is 0.744. The molecular formula is C23H27F4N3O5. The van der Waals surface area contributed by atoms with Crippen molar-refractivity contribution in [3.63, 3.8) is 0 Å². The lowest BCUT2D eigenvalue weighted by Gasteiger charge is -2.30. The molecule has 0 bridgehead atoms. The van der Waals surface area contributed by atoms with Gasteiger partial charge in [-0.25, -0.2) is 4.39 Å². The highest BCUT2D eigenvalue weighted by molar-refractivity contribution is 5.81. The van der Waals surface area contributed by atoms with E-state index in [9.17, 15) is 22.4 Å². The molecule has 0 spiro atoms. The molecule has 12 heteroatoms. The minimum Gasteiger partial charge on any atom is -0.480 e. The highest BCUT2D eigenvalue weighted by atomic mass is 19.4. The Labute approximate surface area is 199 Å². The maximum Gasteiger partial charge on any atom is 0.522 e. The summed E-state index contributed by atoms with van der Waals surface area (Å²) in [5.74, 6) is -0.0419. The quantitative estimate of drug-likeness (QED) is 0.564. The molecule has 0 aliphatic carbocycles. The van der Waals surface area contributed by atoms with E-state index in [-0.39, 0.29) is 42.6 Å². The highest BCUT2D eigenvalue weighted by Gasteiger charge is 2.34. The van der Waals surface area contributed by atoms with Crippen LogP contribution in [0, 0.1) is 5.82 Å². The fourth-order valence-electron chi connectivity index (χ4n) is 4.35. The van der Waals surface area contributed by atoms with Gasteiger partial charge in [0, 0.05) is 5.92 Å². The first-order valence-corrected chi connectivity index (χ1v) is 11.5. The molecule has 4 rings (SSSR count). The average molecular weight is 501 g/mol. The summed E-state index contributed by atoms with van der Waals surface area (Å²) in [6.07, 6.45) is -4.70. The van der Waals surface area contributed by atoms with Gasteiger partial charge in [0.05, 0.1) is 18.8 Å². The zero-order valence-electron chi connectivity index (χ0n) is 19.3. The van der Waals surface area contributed by atoms with E-state index >= 15 is 0 Å². The van der Waals surface area contributed by atoms with Crippen molar-refractivity contribution in [3.05, 3.63) is 41.4 Å². The topological polar surface area (TPSA) is 95.7 Å². The van der Waals surface area contributed by atoms with Gasteiger partial charge in [-0.05, 0) is 62.8 Å². The fourth-order valence-corrected chi connectivity index (χ4v) is 4.35. The van der Waals surface area contributed by atoms with Crippen LogP contribution < -0.4 is 10.1 Å². The van der Waals surface area contributed by atoms with E-state index in [1.807, 2.05) is 0 Å². The minimum atomic E-state index is -4.70. The van der Waals surface area contributed by atoms with Crippen molar-refractivity contribution in [2.24, 2.45) is 0 Å². The average Bonchev–Trinajstić information content (AvgIpc) is 3.28. The Morgan fingerprint density at radius 1 is 1.23 bits per heavy atom. The number of aromatic nitrogens is 2. The van der Waals surface area contributed by atoms with Gasteiger partial charge in [0.1, 0.15) is 17.7 Å². The molecule has 1 saturated heterocycles. The van der Waals surface area contributed by atoms with Crippen LogP contribution in [-0.2, 0) is 20.7 Å². The zero-order valence-corrected chi connectivity index (χ0v) is 19.3. The predicted molar refractivity (Wildman–Crippen MR) is 113 cm³/mol. The summed E-state index contributed by atoms with van der Waals surface area (Å²) < 4.78 is 71.6. The van der Waals surface area contributed by atoms with Gasteiger partial charge in [-0.2, -0.15) is 0 Å².